The highest BCUT2D eigenvalue weighted by atomic mass is 16.6. The summed E-state index contributed by atoms with van der Waals surface area (Å²) in [4.78, 5) is 0. The van der Waals surface area contributed by atoms with Gasteiger partial charge in [0.05, 0.1) is 76.8 Å². The fraction of sp³-hybridized carbons (Fsp3) is 1.00. The van der Waals surface area contributed by atoms with E-state index < -0.39 is 0 Å². The number of hydrogen-bond acceptors (Lipinski definition) is 8. The molecule has 0 amide bonds. The van der Waals surface area contributed by atoms with Crippen LogP contribution in [0.5, 0.6) is 0 Å². The van der Waals surface area contributed by atoms with Crippen LogP contribution in [0.3, 0.4) is 0 Å². The zero-order valence-electron chi connectivity index (χ0n) is 19.6. The van der Waals surface area contributed by atoms with Gasteiger partial charge in [-0.05, 0) is 48.5 Å². The minimum absolute atomic E-state index is 0.00547. The molecular weight excluding hydrogens is 376 g/mol. The number of ether oxygens (including phenoxy) is 6. The average molecular weight is 423 g/mol. The van der Waals surface area contributed by atoms with Crippen molar-refractivity contribution in [2.24, 2.45) is 11.5 Å². The van der Waals surface area contributed by atoms with E-state index in [2.05, 4.69) is 0 Å². The van der Waals surface area contributed by atoms with Crippen molar-refractivity contribution in [3.8, 4) is 0 Å². The Bertz CT molecular complexity index is 373. The van der Waals surface area contributed by atoms with Gasteiger partial charge in [-0.3, -0.25) is 0 Å². The molecule has 0 aromatic carbocycles. The van der Waals surface area contributed by atoms with Crippen molar-refractivity contribution in [3.05, 3.63) is 0 Å². The third-order valence-electron chi connectivity index (χ3n) is 3.84. The van der Waals surface area contributed by atoms with Gasteiger partial charge in [-0.2, -0.15) is 0 Å². The molecule has 0 fully saturated rings. The van der Waals surface area contributed by atoms with Gasteiger partial charge in [0.2, 0.25) is 0 Å². The molecule has 0 radical (unpaired) electrons. The summed E-state index contributed by atoms with van der Waals surface area (Å²) >= 11 is 0. The van der Waals surface area contributed by atoms with E-state index in [0.29, 0.717) is 46.2 Å². The van der Waals surface area contributed by atoms with Crippen molar-refractivity contribution >= 4 is 0 Å². The molecule has 0 aliphatic carbocycles. The number of hydrogen-bond donors (Lipinski definition) is 2. The molecule has 0 aliphatic heterocycles. The molecule has 0 saturated carbocycles. The van der Waals surface area contributed by atoms with E-state index in [0.717, 1.165) is 0 Å². The average Bonchev–Trinajstić information content (AvgIpc) is 2.65. The van der Waals surface area contributed by atoms with Gasteiger partial charge in [-0.1, -0.05) is 0 Å². The Morgan fingerprint density at radius 1 is 0.414 bits per heavy atom. The molecule has 0 saturated heterocycles. The van der Waals surface area contributed by atoms with Crippen molar-refractivity contribution < 1.29 is 28.4 Å². The summed E-state index contributed by atoms with van der Waals surface area (Å²) in [5.74, 6) is 0. The van der Waals surface area contributed by atoms with Gasteiger partial charge in [0, 0.05) is 12.1 Å². The van der Waals surface area contributed by atoms with Gasteiger partial charge in [0.25, 0.3) is 0 Å². The van der Waals surface area contributed by atoms with Crippen molar-refractivity contribution in [2.45, 2.75) is 91.1 Å². The van der Waals surface area contributed by atoms with Crippen LogP contribution in [0, 0.1) is 0 Å². The fourth-order valence-corrected chi connectivity index (χ4v) is 2.18. The second-order valence-electron chi connectivity index (χ2n) is 8.21. The molecule has 0 aromatic heterocycles. The Morgan fingerprint density at radius 2 is 0.690 bits per heavy atom. The third kappa shape index (κ3) is 19.4. The minimum atomic E-state index is -0.0259. The Labute approximate surface area is 177 Å². The Hall–Kier alpha value is -0.320. The lowest BCUT2D eigenvalue weighted by Gasteiger charge is -2.22. The second-order valence-corrected chi connectivity index (χ2v) is 8.21. The molecule has 29 heavy (non-hydrogen) atoms. The Kier molecular flexibility index (Phi) is 17.2. The van der Waals surface area contributed by atoms with Gasteiger partial charge in [-0.25, -0.2) is 0 Å². The fourth-order valence-electron chi connectivity index (χ4n) is 2.18. The van der Waals surface area contributed by atoms with E-state index >= 15 is 0 Å². The monoisotopic (exact) mass is 422 g/mol. The predicted molar refractivity (Wildman–Crippen MR) is 115 cm³/mol. The lowest BCUT2D eigenvalue weighted by atomic mass is 10.3. The first kappa shape index (κ1) is 28.7. The quantitative estimate of drug-likeness (QED) is 0.324. The van der Waals surface area contributed by atoms with Gasteiger partial charge in [0.1, 0.15) is 0 Å². The maximum atomic E-state index is 5.80. The molecular formula is C21H46N2O6. The van der Waals surface area contributed by atoms with Crippen LogP contribution in [0.4, 0.5) is 0 Å². The largest absolute Gasteiger partial charge is 0.377 e. The molecule has 176 valence electrons. The summed E-state index contributed by atoms with van der Waals surface area (Å²) in [6.07, 6.45) is -0.0466. The zero-order valence-corrected chi connectivity index (χ0v) is 19.6. The van der Waals surface area contributed by atoms with Crippen LogP contribution in [-0.2, 0) is 28.4 Å². The molecule has 0 rings (SSSR count). The summed E-state index contributed by atoms with van der Waals surface area (Å²) in [7, 11) is 0. The van der Waals surface area contributed by atoms with Gasteiger partial charge in [-0.15, -0.1) is 0 Å². The van der Waals surface area contributed by atoms with Crippen LogP contribution in [0.1, 0.15) is 48.5 Å². The summed E-state index contributed by atoms with van der Waals surface area (Å²) in [6.45, 7) is 17.4. The summed E-state index contributed by atoms with van der Waals surface area (Å²) in [6, 6.07) is 0.0687. The van der Waals surface area contributed by atoms with E-state index in [1.54, 1.807) is 0 Å². The minimum Gasteiger partial charge on any atom is -0.377 e. The smallest absolute Gasteiger partial charge is 0.0781 e. The predicted octanol–water partition coefficient (Wildman–Crippen LogP) is 1.72. The first-order chi connectivity index (χ1) is 13.6. The summed E-state index contributed by atoms with van der Waals surface area (Å²) in [5, 5.41) is 0. The van der Waals surface area contributed by atoms with Gasteiger partial charge in [0.15, 0.2) is 0 Å². The molecule has 0 aromatic rings. The molecule has 0 bridgehead atoms. The van der Waals surface area contributed by atoms with E-state index in [9.17, 15) is 0 Å². The second kappa shape index (κ2) is 17.4. The van der Waals surface area contributed by atoms with E-state index in [1.165, 1.54) is 0 Å². The van der Waals surface area contributed by atoms with Crippen molar-refractivity contribution in [3.63, 3.8) is 0 Å². The van der Waals surface area contributed by atoms with Crippen molar-refractivity contribution in [1.29, 1.82) is 0 Å². The highest BCUT2D eigenvalue weighted by molar-refractivity contribution is 4.59. The maximum absolute atomic E-state index is 5.80. The first-order valence-electron chi connectivity index (χ1n) is 10.8. The standard InChI is InChI=1S/C21H46N2O6/c1-15(22)8-24-10-17(3)26-12-19(5)28-14-21(7)29-13-20(6)27-11-18(4)25-9-16(2)23/h15-21H,8-14,22-23H2,1-7H3. The van der Waals surface area contributed by atoms with Crippen LogP contribution in [0.2, 0.25) is 0 Å². The van der Waals surface area contributed by atoms with Gasteiger partial charge < -0.3 is 39.9 Å². The Morgan fingerprint density at radius 3 is 1.00 bits per heavy atom. The lowest BCUT2D eigenvalue weighted by Crippen LogP contribution is -2.30. The number of rotatable bonds is 19. The molecule has 0 aliphatic rings. The molecule has 0 spiro atoms. The van der Waals surface area contributed by atoms with E-state index in [4.69, 9.17) is 39.9 Å². The Balaban J connectivity index is 3.74. The molecule has 4 N–H and O–H groups in total. The van der Waals surface area contributed by atoms with Crippen molar-refractivity contribution in [2.75, 3.05) is 46.2 Å². The van der Waals surface area contributed by atoms with Crippen LogP contribution < -0.4 is 11.5 Å². The van der Waals surface area contributed by atoms with Gasteiger partial charge >= 0.3 is 0 Å². The lowest BCUT2D eigenvalue weighted by molar-refractivity contribution is -0.0997. The van der Waals surface area contributed by atoms with E-state index in [1.807, 2.05) is 48.5 Å². The SMILES string of the molecule is CC(N)COCC(C)OCC(C)OCC(C)OCC(C)OCC(C)OCC(C)N. The van der Waals surface area contributed by atoms with E-state index in [-0.39, 0.29) is 42.6 Å². The molecule has 8 heteroatoms. The molecule has 0 heterocycles. The summed E-state index contributed by atoms with van der Waals surface area (Å²) in [5.41, 5.74) is 11.3. The highest BCUT2D eigenvalue weighted by Gasteiger charge is 2.13. The van der Waals surface area contributed by atoms with Crippen LogP contribution >= 0.6 is 0 Å². The topological polar surface area (TPSA) is 107 Å². The van der Waals surface area contributed by atoms with Crippen LogP contribution in [0.15, 0.2) is 0 Å². The van der Waals surface area contributed by atoms with Crippen LogP contribution in [0.25, 0.3) is 0 Å². The third-order valence-corrected chi connectivity index (χ3v) is 3.84. The molecule has 7 unspecified atom stereocenters. The zero-order chi connectivity index (χ0) is 22.2. The first-order valence-corrected chi connectivity index (χ1v) is 10.8. The van der Waals surface area contributed by atoms with Crippen LogP contribution in [-0.4, -0.2) is 88.9 Å². The number of nitrogens with two attached hydrogens (primary N) is 2. The maximum Gasteiger partial charge on any atom is 0.0781 e. The molecule has 7 atom stereocenters. The summed E-state index contributed by atoms with van der Waals surface area (Å²) < 4.78 is 34.1. The molecule has 8 nitrogen and oxygen atoms in total. The highest BCUT2D eigenvalue weighted by Crippen LogP contribution is 2.03. The van der Waals surface area contributed by atoms with Crippen molar-refractivity contribution in [1.82, 2.24) is 0 Å². The normalized spacial score (nSPS) is 19.3.